The minimum Gasteiger partial charge on any atom is -0.310 e. The zero-order valence-electron chi connectivity index (χ0n) is 12.2. The highest BCUT2D eigenvalue weighted by atomic mass is 79.9. The number of rotatable bonds is 5. The molecule has 0 amide bonds. The van der Waals surface area contributed by atoms with Crippen molar-refractivity contribution in [3.8, 4) is 0 Å². The van der Waals surface area contributed by atoms with Crippen LogP contribution in [0.3, 0.4) is 0 Å². The quantitative estimate of drug-likeness (QED) is 0.773. The molecule has 0 aromatic heterocycles. The van der Waals surface area contributed by atoms with E-state index in [-0.39, 0.29) is 0 Å². The minimum absolute atomic E-state index is 0.507. The summed E-state index contributed by atoms with van der Waals surface area (Å²) in [6.45, 7) is 5.84. The SMILES string of the molecule is CCC(NCC1CCC(C)CC1)c1ccc(Br)cc1. The molecular formula is C17H26BrN. The third-order valence-corrected chi connectivity index (χ3v) is 5.00. The van der Waals surface area contributed by atoms with E-state index in [0.29, 0.717) is 6.04 Å². The van der Waals surface area contributed by atoms with Crippen molar-refractivity contribution in [2.75, 3.05) is 6.54 Å². The van der Waals surface area contributed by atoms with Gasteiger partial charge in [0.05, 0.1) is 0 Å². The van der Waals surface area contributed by atoms with Crippen molar-refractivity contribution in [3.05, 3.63) is 34.3 Å². The second kappa shape index (κ2) is 7.44. The maximum absolute atomic E-state index is 3.77. The summed E-state index contributed by atoms with van der Waals surface area (Å²) < 4.78 is 1.16. The lowest BCUT2D eigenvalue weighted by Crippen LogP contribution is -2.29. The maximum Gasteiger partial charge on any atom is 0.0317 e. The van der Waals surface area contributed by atoms with Crippen molar-refractivity contribution in [1.82, 2.24) is 5.32 Å². The van der Waals surface area contributed by atoms with Crippen LogP contribution in [0.25, 0.3) is 0 Å². The van der Waals surface area contributed by atoms with E-state index in [0.717, 1.165) is 22.7 Å². The van der Waals surface area contributed by atoms with Crippen molar-refractivity contribution in [2.24, 2.45) is 11.8 Å². The molecule has 0 aliphatic heterocycles. The van der Waals surface area contributed by atoms with Gasteiger partial charge >= 0.3 is 0 Å². The molecule has 1 nitrogen and oxygen atoms in total. The average Bonchev–Trinajstić information content (AvgIpc) is 2.43. The molecule has 1 atom stereocenters. The zero-order valence-corrected chi connectivity index (χ0v) is 13.7. The highest BCUT2D eigenvalue weighted by Crippen LogP contribution is 2.28. The van der Waals surface area contributed by atoms with Gasteiger partial charge in [0, 0.05) is 10.5 Å². The van der Waals surface area contributed by atoms with Crippen molar-refractivity contribution in [1.29, 1.82) is 0 Å². The maximum atomic E-state index is 3.77. The monoisotopic (exact) mass is 323 g/mol. The van der Waals surface area contributed by atoms with Crippen LogP contribution in [0.2, 0.25) is 0 Å². The first-order valence-electron chi connectivity index (χ1n) is 7.68. The third kappa shape index (κ3) is 4.61. The van der Waals surface area contributed by atoms with E-state index in [1.807, 2.05) is 0 Å². The van der Waals surface area contributed by atoms with E-state index >= 15 is 0 Å². The Morgan fingerprint density at radius 2 is 1.79 bits per heavy atom. The normalized spacial score (nSPS) is 25.2. The van der Waals surface area contributed by atoms with Gasteiger partial charge in [-0.15, -0.1) is 0 Å². The molecule has 19 heavy (non-hydrogen) atoms. The summed E-state index contributed by atoms with van der Waals surface area (Å²) in [7, 11) is 0. The second-order valence-electron chi connectivity index (χ2n) is 6.05. The first-order valence-corrected chi connectivity index (χ1v) is 8.47. The van der Waals surface area contributed by atoms with E-state index < -0.39 is 0 Å². The molecule has 1 unspecified atom stereocenters. The third-order valence-electron chi connectivity index (χ3n) is 4.47. The summed E-state index contributed by atoms with van der Waals surface area (Å²) in [4.78, 5) is 0. The lowest BCUT2D eigenvalue weighted by molar-refractivity contribution is 0.273. The molecule has 0 heterocycles. The van der Waals surface area contributed by atoms with Gasteiger partial charge < -0.3 is 5.32 Å². The van der Waals surface area contributed by atoms with Crippen LogP contribution < -0.4 is 5.32 Å². The Morgan fingerprint density at radius 1 is 1.16 bits per heavy atom. The number of hydrogen-bond acceptors (Lipinski definition) is 1. The standard InChI is InChI=1S/C17H26BrN/c1-3-17(15-8-10-16(18)11-9-15)19-12-14-6-4-13(2)5-7-14/h8-11,13-14,17,19H,3-7,12H2,1-2H3. The Kier molecular flexibility index (Phi) is 5.90. The Morgan fingerprint density at radius 3 is 2.37 bits per heavy atom. The van der Waals surface area contributed by atoms with E-state index in [4.69, 9.17) is 0 Å². The van der Waals surface area contributed by atoms with E-state index in [2.05, 4.69) is 59.4 Å². The molecule has 1 aromatic carbocycles. The molecular weight excluding hydrogens is 298 g/mol. The molecule has 2 rings (SSSR count). The highest BCUT2D eigenvalue weighted by molar-refractivity contribution is 9.10. The van der Waals surface area contributed by atoms with Crippen LogP contribution in [0.5, 0.6) is 0 Å². The fourth-order valence-corrected chi connectivity index (χ4v) is 3.30. The summed E-state index contributed by atoms with van der Waals surface area (Å²) in [5.41, 5.74) is 1.41. The van der Waals surface area contributed by atoms with Gasteiger partial charge in [-0.05, 0) is 55.3 Å². The van der Waals surface area contributed by atoms with Gasteiger partial charge in [-0.2, -0.15) is 0 Å². The number of halogens is 1. The van der Waals surface area contributed by atoms with Gasteiger partial charge in [0.2, 0.25) is 0 Å². The van der Waals surface area contributed by atoms with Crippen molar-refractivity contribution >= 4 is 15.9 Å². The summed E-state index contributed by atoms with van der Waals surface area (Å²) in [5, 5.41) is 3.77. The van der Waals surface area contributed by atoms with E-state index in [1.165, 1.54) is 37.8 Å². The van der Waals surface area contributed by atoms with Gasteiger partial charge in [0.25, 0.3) is 0 Å². The van der Waals surface area contributed by atoms with E-state index in [9.17, 15) is 0 Å². The summed E-state index contributed by atoms with van der Waals surface area (Å²) >= 11 is 3.50. The smallest absolute Gasteiger partial charge is 0.0317 e. The van der Waals surface area contributed by atoms with Gasteiger partial charge in [0.1, 0.15) is 0 Å². The van der Waals surface area contributed by atoms with Crippen molar-refractivity contribution in [3.63, 3.8) is 0 Å². The number of hydrogen-bond donors (Lipinski definition) is 1. The number of benzene rings is 1. The predicted molar refractivity (Wildman–Crippen MR) is 86.3 cm³/mol. The van der Waals surface area contributed by atoms with Gasteiger partial charge in [-0.25, -0.2) is 0 Å². The molecule has 1 saturated carbocycles. The molecule has 0 spiro atoms. The Hall–Kier alpha value is -0.340. The van der Waals surface area contributed by atoms with Crippen LogP contribution in [0, 0.1) is 11.8 Å². The first kappa shape index (κ1) is 15.1. The topological polar surface area (TPSA) is 12.0 Å². The van der Waals surface area contributed by atoms with Crippen LogP contribution in [0.1, 0.15) is 57.6 Å². The molecule has 1 aliphatic carbocycles. The molecule has 0 bridgehead atoms. The summed E-state index contributed by atoms with van der Waals surface area (Å²) in [6, 6.07) is 9.25. The predicted octanol–water partition coefficient (Wildman–Crippen LogP) is 5.32. The second-order valence-corrected chi connectivity index (χ2v) is 6.96. The fourth-order valence-electron chi connectivity index (χ4n) is 3.04. The van der Waals surface area contributed by atoms with Gasteiger partial charge in [-0.1, -0.05) is 54.8 Å². The van der Waals surface area contributed by atoms with Gasteiger partial charge in [0.15, 0.2) is 0 Å². The average molecular weight is 324 g/mol. The van der Waals surface area contributed by atoms with Crippen molar-refractivity contribution < 1.29 is 0 Å². The van der Waals surface area contributed by atoms with Crippen LogP contribution in [-0.2, 0) is 0 Å². The Balaban J connectivity index is 1.84. The lowest BCUT2D eigenvalue weighted by Gasteiger charge is -2.28. The molecule has 106 valence electrons. The Labute approximate surface area is 126 Å². The molecule has 1 fully saturated rings. The highest BCUT2D eigenvalue weighted by Gasteiger charge is 2.19. The van der Waals surface area contributed by atoms with Crippen molar-refractivity contribution in [2.45, 2.75) is 52.0 Å². The fraction of sp³-hybridized carbons (Fsp3) is 0.647. The molecule has 0 radical (unpaired) electrons. The molecule has 1 aliphatic rings. The van der Waals surface area contributed by atoms with Crippen LogP contribution in [-0.4, -0.2) is 6.54 Å². The summed E-state index contributed by atoms with van der Waals surface area (Å²) in [6.07, 6.45) is 6.81. The van der Waals surface area contributed by atoms with Crippen LogP contribution in [0.15, 0.2) is 28.7 Å². The van der Waals surface area contributed by atoms with Crippen LogP contribution >= 0.6 is 15.9 Å². The largest absolute Gasteiger partial charge is 0.310 e. The molecule has 1 aromatic rings. The minimum atomic E-state index is 0.507. The van der Waals surface area contributed by atoms with Crippen LogP contribution in [0.4, 0.5) is 0 Å². The summed E-state index contributed by atoms with van der Waals surface area (Å²) in [5.74, 6) is 1.84. The van der Waals surface area contributed by atoms with E-state index in [1.54, 1.807) is 0 Å². The Bertz CT molecular complexity index is 365. The first-order chi connectivity index (χ1) is 9.19. The molecule has 2 heteroatoms. The molecule has 0 saturated heterocycles. The number of nitrogens with one attached hydrogen (secondary N) is 1. The molecule has 1 N–H and O–H groups in total. The zero-order chi connectivity index (χ0) is 13.7. The lowest BCUT2D eigenvalue weighted by atomic mass is 9.83. The van der Waals surface area contributed by atoms with Gasteiger partial charge in [-0.3, -0.25) is 0 Å².